The van der Waals surface area contributed by atoms with Crippen LogP contribution in [0.4, 0.5) is 27.6 Å². The second kappa shape index (κ2) is 11.6. The van der Waals surface area contributed by atoms with E-state index in [4.69, 9.17) is 9.47 Å². The molecule has 2 fully saturated rings. The minimum absolute atomic E-state index is 0.000912. The first kappa shape index (κ1) is 27.7. The third-order valence-corrected chi connectivity index (χ3v) is 7.05. The highest BCUT2D eigenvalue weighted by atomic mass is 19.4. The molecule has 6 nitrogen and oxygen atoms in total. The van der Waals surface area contributed by atoms with Crippen molar-refractivity contribution in [3.8, 4) is 11.5 Å². The third kappa shape index (κ3) is 6.36. The highest BCUT2D eigenvalue weighted by molar-refractivity contribution is 5.99. The van der Waals surface area contributed by atoms with E-state index in [-0.39, 0.29) is 28.9 Å². The Morgan fingerprint density at radius 1 is 0.895 bits per heavy atom. The Bertz CT molecular complexity index is 1180. The van der Waals surface area contributed by atoms with Gasteiger partial charge in [0.2, 0.25) is 5.91 Å². The normalized spacial score (nSPS) is 20.2. The van der Waals surface area contributed by atoms with E-state index in [0.717, 1.165) is 44.2 Å². The van der Waals surface area contributed by atoms with Gasteiger partial charge in [0.1, 0.15) is 11.6 Å². The van der Waals surface area contributed by atoms with Crippen molar-refractivity contribution in [3.05, 3.63) is 53.1 Å². The number of ether oxygens (including phenoxy) is 2. The van der Waals surface area contributed by atoms with Crippen molar-refractivity contribution < 1.29 is 41.0 Å². The Morgan fingerprint density at radius 3 is 2.32 bits per heavy atom. The van der Waals surface area contributed by atoms with Gasteiger partial charge in [-0.2, -0.15) is 13.2 Å². The fourth-order valence-electron chi connectivity index (χ4n) is 5.08. The maximum Gasteiger partial charge on any atom is 0.419 e. The number of anilines is 1. The molecule has 0 heterocycles. The van der Waals surface area contributed by atoms with Crippen LogP contribution in [-0.2, 0) is 11.0 Å². The number of hydrogen-bond donors (Lipinski definition) is 2. The molecule has 38 heavy (non-hydrogen) atoms. The quantitative estimate of drug-likeness (QED) is 0.408. The number of benzene rings is 2. The largest absolute Gasteiger partial charge is 0.496 e. The third-order valence-electron chi connectivity index (χ3n) is 7.05. The second-order valence-electron chi connectivity index (χ2n) is 9.66. The SMILES string of the molecule is COc1cc(F)c(OC2CCCCC2)cc1C(=O)N[C@@H]1CCC[C@@H]1C(=O)Nc1ccc(F)c(C(F)(F)F)c1. The van der Waals surface area contributed by atoms with Crippen LogP contribution in [0.15, 0.2) is 30.3 Å². The highest BCUT2D eigenvalue weighted by Crippen LogP contribution is 2.35. The molecule has 2 amide bonds. The van der Waals surface area contributed by atoms with E-state index in [2.05, 4.69) is 10.6 Å². The summed E-state index contributed by atoms with van der Waals surface area (Å²) < 4.78 is 78.4. The van der Waals surface area contributed by atoms with Crippen molar-refractivity contribution in [3.63, 3.8) is 0 Å². The van der Waals surface area contributed by atoms with Crippen LogP contribution < -0.4 is 20.1 Å². The molecule has 11 heteroatoms. The summed E-state index contributed by atoms with van der Waals surface area (Å²) in [6.45, 7) is 0. The average Bonchev–Trinajstić information content (AvgIpc) is 3.34. The van der Waals surface area contributed by atoms with E-state index < -0.39 is 47.1 Å². The molecule has 0 bridgehead atoms. The Balaban J connectivity index is 1.47. The van der Waals surface area contributed by atoms with Gasteiger partial charge in [0.15, 0.2) is 11.6 Å². The summed E-state index contributed by atoms with van der Waals surface area (Å²) in [5, 5.41) is 5.18. The number of carbonyl (C=O) groups is 2. The fourth-order valence-corrected chi connectivity index (χ4v) is 5.08. The van der Waals surface area contributed by atoms with Crippen molar-refractivity contribution in [2.75, 3.05) is 12.4 Å². The van der Waals surface area contributed by atoms with Crippen LogP contribution in [0.2, 0.25) is 0 Å². The molecular formula is C27H29F5N2O4. The monoisotopic (exact) mass is 540 g/mol. The average molecular weight is 541 g/mol. The summed E-state index contributed by atoms with van der Waals surface area (Å²) in [6.07, 6.45) is 1.03. The van der Waals surface area contributed by atoms with Crippen molar-refractivity contribution >= 4 is 17.5 Å². The van der Waals surface area contributed by atoms with Crippen molar-refractivity contribution in [1.82, 2.24) is 5.32 Å². The number of methoxy groups -OCH3 is 1. The Labute approximate surface area is 216 Å². The number of nitrogens with one attached hydrogen (secondary N) is 2. The van der Waals surface area contributed by atoms with E-state index in [0.29, 0.717) is 31.4 Å². The molecule has 2 atom stereocenters. The predicted octanol–water partition coefficient (Wildman–Crippen LogP) is 6.24. The lowest BCUT2D eigenvalue weighted by Crippen LogP contribution is -2.42. The summed E-state index contributed by atoms with van der Waals surface area (Å²) in [5.74, 6) is -4.08. The van der Waals surface area contributed by atoms with Gasteiger partial charge in [-0.05, 0) is 62.8 Å². The molecule has 2 aliphatic rings. The maximum atomic E-state index is 14.7. The highest BCUT2D eigenvalue weighted by Gasteiger charge is 2.37. The number of alkyl halides is 3. The number of hydrogen-bond acceptors (Lipinski definition) is 4. The molecule has 2 N–H and O–H groups in total. The van der Waals surface area contributed by atoms with Gasteiger partial charge in [-0.25, -0.2) is 8.78 Å². The molecule has 206 valence electrons. The number of carbonyl (C=O) groups excluding carboxylic acids is 2. The molecule has 0 saturated heterocycles. The van der Waals surface area contributed by atoms with E-state index in [1.54, 1.807) is 0 Å². The van der Waals surface area contributed by atoms with E-state index >= 15 is 0 Å². The minimum atomic E-state index is -4.91. The Hall–Kier alpha value is -3.37. The maximum absolute atomic E-state index is 14.7. The zero-order valence-electron chi connectivity index (χ0n) is 20.8. The van der Waals surface area contributed by atoms with Crippen molar-refractivity contribution in [2.24, 2.45) is 5.92 Å². The molecule has 0 aliphatic heterocycles. The molecule has 2 saturated carbocycles. The lowest BCUT2D eigenvalue weighted by molar-refractivity contribution is -0.140. The fraction of sp³-hybridized carbons (Fsp3) is 0.481. The van der Waals surface area contributed by atoms with Gasteiger partial charge in [-0.15, -0.1) is 0 Å². The van der Waals surface area contributed by atoms with Crippen molar-refractivity contribution in [1.29, 1.82) is 0 Å². The topological polar surface area (TPSA) is 76.7 Å². The van der Waals surface area contributed by atoms with Crippen LogP contribution in [0.5, 0.6) is 11.5 Å². The van der Waals surface area contributed by atoms with Crippen LogP contribution in [0.3, 0.4) is 0 Å². The molecule has 2 aromatic carbocycles. The molecule has 0 unspecified atom stereocenters. The molecule has 2 aromatic rings. The molecule has 0 spiro atoms. The molecular weight excluding hydrogens is 511 g/mol. The number of rotatable bonds is 7. The second-order valence-corrected chi connectivity index (χ2v) is 9.66. The molecule has 4 rings (SSSR count). The first-order valence-electron chi connectivity index (χ1n) is 12.6. The zero-order valence-corrected chi connectivity index (χ0v) is 20.8. The van der Waals surface area contributed by atoms with E-state index in [1.807, 2.05) is 0 Å². The Morgan fingerprint density at radius 2 is 1.63 bits per heavy atom. The van der Waals surface area contributed by atoms with Gasteiger partial charge in [0, 0.05) is 17.8 Å². The van der Waals surface area contributed by atoms with Gasteiger partial charge >= 0.3 is 6.18 Å². The molecule has 0 aromatic heterocycles. The van der Waals surface area contributed by atoms with Gasteiger partial charge in [-0.3, -0.25) is 9.59 Å². The predicted molar refractivity (Wildman–Crippen MR) is 129 cm³/mol. The molecule has 0 radical (unpaired) electrons. The summed E-state index contributed by atoms with van der Waals surface area (Å²) in [5.41, 5.74) is -1.65. The van der Waals surface area contributed by atoms with Gasteiger partial charge in [-0.1, -0.05) is 12.8 Å². The summed E-state index contributed by atoms with van der Waals surface area (Å²) in [7, 11) is 1.30. The number of amides is 2. The number of halogens is 5. The zero-order chi connectivity index (χ0) is 27.4. The Kier molecular flexibility index (Phi) is 8.42. The van der Waals surface area contributed by atoms with Crippen LogP contribution >= 0.6 is 0 Å². The lowest BCUT2D eigenvalue weighted by atomic mass is 9.98. The van der Waals surface area contributed by atoms with Gasteiger partial charge in [0.25, 0.3) is 5.91 Å². The lowest BCUT2D eigenvalue weighted by Gasteiger charge is -2.24. The van der Waals surface area contributed by atoms with Gasteiger partial charge in [0.05, 0.1) is 30.3 Å². The first-order valence-corrected chi connectivity index (χ1v) is 12.6. The van der Waals surface area contributed by atoms with Gasteiger partial charge < -0.3 is 20.1 Å². The minimum Gasteiger partial charge on any atom is -0.496 e. The van der Waals surface area contributed by atoms with Crippen LogP contribution in [0.25, 0.3) is 0 Å². The molecule has 2 aliphatic carbocycles. The van der Waals surface area contributed by atoms with Crippen LogP contribution in [-0.4, -0.2) is 31.1 Å². The van der Waals surface area contributed by atoms with E-state index in [1.165, 1.54) is 13.2 Å². The summed E-state index contributed by atoms with van der Waals surface area (Å²) in [4.78, 5) is 26.1. The standard InChI is InChI=1S/C27H29F5N2O4/c1-37-23-14-21(29)24(38-16-6-3-2-4-7-16)13-18(23)26(36)34-22-9-5-8-17(22)25(35)33-15-10-11-20(28)19(12-15)27(30,31)32/h10-14,16-17,22H,2-9H2,1H3,(H,33,35)(H,34,36)/t17-,22+/m0/s1. The smallest absolute Gasteiger partial charge is 0.419 e. The van der Waals surface area contributed by atoms with Crippen LogP contribution in [0.1, 0.15) is 67.3 Å². The van der Waals surface area contributed by atoms with Crippen molar-refractivity contribution in [2.45, 2.75) is 69.7 Å². The van der Waals surface area contributed by atoms with Crippen LogP contribution in [0, 0.1) is 17.6 Å². The van der Waals surface area contributed by atoms with E-state index in [9.17, 15) is 31.5 Å². The summed E-state index contributed by atoms with van der Waals surface area (Å²) >= 11 is 0. The first-order chi connectivity index (χ1) is 18.1. The summed E-state index contributed by atoms with van der Waals surface area (Å²) in [6, 6.07) is 3.97.